The second-order valence-electron chi connectivity index (χ2n) is 19.2. The van der Waals surface area contributed by atoms with E-state index in [9.17, 15) is 65.1 Å². The highest BCUT2D eigenvalue weighted by Crippen LogP contribution is 2.36. The lowest BCUT2D eigenvalue weighted by atomic mass is 9.88. The lowest BCUT2D eigenvalue weighted by molar-refractivity contribution is -0.139. The van der Waals surface area contributed by atoms with Crippen molar-refractivity contribution in [2.45, 2.75) is 94.7 Å². The molecule has 2 heterocycles. The molecule has 404 valence electrons. The van der Waals surface area contributed by atoms with E-state index in [2.05, 4.69) is 0 Å². The van der Waals surface area contributed by atoms with Gasteiger partial charge in [0.1, 0.15) is 0 Å². The van der Waals surface area contributed by atoms with Crippen LogP contribution in [0.2, 0.25) is 0 Å². The smallest absolute Gasteiger partial charge is 0.388 e. The van der Waals surface area contributed by atoms with Crippen molar-refractivity contribution < 1.29 is 65.1 Å². The third-order valence-corrected chi connectivity index (χ3v) is 18.7. The molecular weight excluding hydrogens is 1040 g/mol. The highest BCUT2D eigenvalue weighted by molar-refractivity contribution is 7.89. The van der Waals surface area contributed by atoms with Crippen LogP contribution in [0.3, 0.4) is 0 Å². The Morgan fingerprint density at radius 1 is 0.575 bits per heavy atom. The largest absolute Gasteiger partial charge is 0.416 e. The highest BCUT2D eigenvalue weighted by Gasteiger charge is 2.37. The summed E-state index contributed by atoms with van der Waals surface area (Å²) in [4.78, 5) is -0.0813. The Morgan fingerprint density at radius 3 is 1.32 bits per heavy atom. The Balaban J connectivity index is 0.000000271. The number of benzene rings is 4. The fraction of sp³-hybridized carbons (Fsp3) is 0.480. The van der Waals surface area contributed by atoms with Crippen LogP contribution in [0.1, 0.15) is 92.9 Å². The standard InChI is InChI=1S/C25H33F3N2O5S2.C25H31F3N2O4S2/c1-18(2)16-30(17-21-6-4-5-7-23(21)25(26,27)28)37(34,35)22-10-8-19(9-11-22)24(31)20-12-14-29(15-13-20)36(3,32)33;1-19(2)17-30(18-22-6-4-5-7-24(22)25(26,27)28)36(33,34)23-10-8-20(9-11-23)16-21-12-14-29(15-13-21)35(3,31)32/h4-11,18,20,24,31H,12-17H2,1-3H3;4-11,16,19H,12-15,17-18H2,1-3H3. The lowest BCUT2D eigenvalue weighted by Crippen LogP contribution is -2.39. The molecule has 23 heteroatoms. The van der Waals surface area contributed by atoms with Crippen LogP contribution in [-0.2, 0) is 65.5 Å². The van der Waals surface area contributed by atoms with Gasteiger partial charge in [-0.1, -0.05) is 100 Å². The molecule has 1 N–H and O–H groups in total. The molecule has 0 radical (unpaired) electrons. The number of aliphatic hydroxyl groups is 1. The van der Waals surface area contributed by atoms with Crippen LogP contribution in [-0.4, -0.2) is 108 Å². The maximum atomic E-state index is 13.5. The maximum Gasteiger partial charge on any atom is 0.416 e. The molecule has 73 heavy (non-hydrogen) atoms. The zero-order valence-electron chi connectivity index (χ0n) is 41.5. The van der Waals surface area contributed by atoms with Crippen molar-refractivity contribution in [3.8, 4) is 0 Å². The second-order valence-corrected chi connectivity index (χ2v) is 27.1. The molecule has 6 rings (SSSR count). The number of hydrogen-bond acceptors (Lipinski definition) is 9. The van der Waals surface area contributed by atoms with Gasteiger partial charge >= 0.3 is 12.4 Å². The fourth-order valence-corrected chi connectivity index (χ4v) is 13.6. The van der Waals surface area contributed by atoms with E-state index in [4.69, 9.17) is 0 Å². The Kier molecular flexibility index (Phi) is 19.8. The first-order valence-electron chi connectivity index (χ1n) is 23.6. The van der Waals surface area contributed by atoms with Crippen molar-refractivity contribution >= 4 is 46.2 Å². The van der Waals surface area contributed by atoms with Gasteiger partial charge in [0, 0.05) is 52.4 Å². The molecule has 0 bridgehead atoms. The van der Waals surface area contributed by atoms with Crippen LogP contribution in [0.15, 0.2) is 112 Å². The minimum atomic E-state index is -4.61. The van der Waals surface area contributed by atoms with Crippen molar-refractivity contribution in [3.63, 3.8) is 0 Å². The predicted molar refractivity (Wildman–Crippen MR) is 268 cm³/mol. The van der Waals surface area contributed by atoms with Crippen LogP contribution >= 0.6 is 0 Å². The van der Waals surface area contributed by atoms with E-state index in [1.165, 1.54) is 87.7 Å². The first-order chi connectivity index (χ1) is 33.8. The summed E-state index contributed by atoms with van der Waals surface area (Å²) in [6.45, 7) is 7.87. The van der Waals surface area contributed by atoms with Gasteiger partial charge in [0.05, 0.1) is 39.5 Å². The predicted octanol–water partition coefficient (Wildman–Crippen LogP) is 9.25. The van der Waals surface area contributed by atoms with Gasteiger partial charge < -0.3 is 5.11 Å². The number of halogens is 6. The summed E-state index contributed by atoms with van der Waals surface area (Å²) in [7, 11) is -14.7. The van der Waals surface area contributed by atoms with E-state index < -0.39 is 82.8 Å². The zero-order chi connectivity index (χ0) is 54.3. The summed E-state index contributed by atoms with van der Waals surface area (Å²) >= 11 is 0. The van der Waals surface area contributed by atoms with Crippen LogP contribution in [0.5, 0.6) is 0 Å². The van der Waals surface area contributed by atoms with Crippen LogP contribution < -0.4 is 0 Å². The number of sulfonamides is 4. The molecular formula is C50H64F6N4O9S4. The Morgan fingerprint density at radius 2 is 0.945 bits per heavy atom. The molecule has 2 aliphatic heterocycles. The van der Waals surface area contributed by atoms with E-state index >= 15 is 0 Å². The van der Waals surface area contributed by atoms with Crippen molar-refractivity contribution in [1.29, 1.82) is 0 Å². The summed E-state index contributed by atoms with van der Waals surface area (Å²) < 4.78 is 187. The molecule has 0 aromatic heterocycles. The van der Waals surface area contributed by atoms with Gasteiger partial charge in [0.25, 0.3) is 0 Å². The average molecular weight is 1110 g/mol. The van der Waals surface area contributed by atoms with Crippen LogP contribution in [0.25, 0.3) is 6.08 Å². The number of hydrogen-bond donors (Lipinski definition) is 1. The number of alkyl halides is 6. The van der Waals surface area contributed by atoms with Crippen molar-refractivity contribution in [2.24, 2.45) is 17.8 Å². The molecule has 2 saturated heterocycles. The Labute approximate surface area is 426 Å². The first-order valence-corrected chi connectivity index (χ1v) is 30.1. The van der Waals surface area contributed by atoms with E-state index in [0.717, 1.165) is 38.1 Å². The van der Waals surface area contributed by atoms with Crippen molar-refractivity contribution in [1.82, 2.24) is 17.2 Å². The minimum Gasteiger partial charge on any atom is -0.388 e. The van der Waals surface area contributed by atoms with Gasteiger partial charge in [-0.25, -0.2) is 42.3 Å². The van der Waals surface area contributed by atoms with Crippen LogP contribution in [0.4, 0.5) is 26.3 Å². The van der Waals surface area contributed by atoms with Gasteiger partial charge in [-0.2, -0.15) is 35.0 Å². The maximum absolute atomic E-state index is 13.5. The quantitative estimate of drug-likeness (QED) is 0.101. The topological polar surface area (TPSA) is 170 Å². The molecule has 2 aliphatic rings. The number of nitrogens with zero attached hydrogens (tertiary/aromatic N) is 4. The highest BCUT2D eigenvalue weighted by atomic mass is 32.2. The Bertz CT molecular complexity index is 2970. The fourth-order valence-electron chi connectivity index (χ4n) is 8.71. The lowest BCUT2D eigenvalue weighted by Gasteiger charge is -2.33. The minimum absolute atomic E-state index is 0.00156. The third-order valence-electron chi connectivity index (χ3n) is 12.5. The molecule has 1 atom stereocenters. The van der Waals surface area contributed by atoms with Gasteiger partial charge in [-0.15, -0.1) is 0 Å². The van der Waals surface area contributed by atoms with Crippen molar-refractivity contribution in [3.05, 3.63) is 136 Å². The molecule has 2 fully saturated rings. The normalized spacial score (nSPS) is 16.8. The summed E-state index contributed by atoms with van der Waals surface area (Å²) in [5.74, 6) is -0.414. The van der Waals surface area contributed by atoms with Gasteiger partial charge in [-0.05, 0) is 102 Å². The zero-order valence-corrected chi connectivity index (χ0v) is 44.8. The van der Waals surface area contributed by atoms with Crippen LogP contribution in [0, 0.1) is 17.8 Å². The van der Waals surface area contributed by atoms with E-state index in [-0.39, 0.29) is 51.8 Å². The summed E-state index contributed by atoms with van der Waals surface area (Å²) in [6, 6.07) is 21.8. The van der Waals surface area contributed by atoms with Crippen molar-refractivity contribution in [2.75, 3.05) is 51.8 Å². The molecule has 13 nitrogen and oxygen atoms in total. The average Bonchev–Trinajstić information content (AvgIpc) is 3.30. The molecule has 1 unspecified atom stereocenters. The second kappa shape index (κ2) is 24.2. The molecule has 0 aliphatic carbocycles. The number of aliphatic hydroxyl groups excluding tert-OH is 1. The van der Waals surface area contributed by atoms with E-state index in [1.54, 1.807) is 26.0 Å². The summed E-state index contributed by atoms with van der Waals surface area (Å²) in [6.07, 6.45) is -3.73. The monoisotopic (exact) mass is 1110 g/mol. The molecule has 0 spiro atoms. The van der Waals surface area contributed by atoms with Gasteiger partial charge in [-0.3, -0.25) is 0 Å². The SMILES string of the molecule is CC(C)CN(Cc1ccccc1C(F)(F)F)S(=O)(=O)c1ccc(C(O)C2CCN(S(C)(=O)=O)CC2)cc1.CC(C)CN(Cc1ccccc1C(F)(F)F)S(=O)(=O)c1ccc(C=C2CCN(S(C)(=O)=O)CC2)cc1. The first kappa shape index (κ1) is 59.7. The van der Waals surface area contributed by atoms with E-state index in [1.807, 2.05) is 19.9 Å². The van der Waals surface area contributed by atoms with E-state index in [0.29, 0.717) is 57.4 Å². The molecule has 0 saturated carbocycles. The van der Waals surface area contributed by atoms with Gasteiger partial charge in [0.15, 0.2) is 0 Å². The molecule has 4 aromatic rings. The number of piperidine rings is 2. The third kappa shape index (κ3) is 16.4. The Hall–Kier alpha value is -4.20. The number of rotatable bonds is 17. The summed E-state index contributed by atoms with van der Waals surface area (Å²) in [5, 5.41) is 10.8. The molecule has 0 amide bonds. The summed E-state index contributed by atoms with van der Waals surface area (Å²) in [5.41, 5.74) is 0.375. The van der Waals surface area contributed by atoms with Gasteiger partial charge in [0.2, 0.25) is 40.1 Å². The molecule has 4 aromatic carbocycles.